The van der Waals surface area contributed by atoms with Crippen LogP contribution >= 0.6 is 0 Å². The van der Waals surface area contributed by atoms with Gasteiger partial charge in [0.15, 0.2) is 9.84 Å². The van der Waals surface area contributed by atoms with E-state index in [0.29, 0.717) is 37.0 Å². The zero-order chi connectivity index (χ0) is 23.1. The molecular weight excluding hydrogens is 449 g/mol. The van der Waals surface area contributed by atoms with Gasteiger partial charge in [-0.3, -0.25) is 4.79 Å². The molecule has 1 aromatic carbocycles. The number of hydrogen-bond acceptors (Lipinski definition) is 8. The summed E-state index contributed by atoms with van der Waals surface area (Å²) in [4.78, 5) is 19.4. The van der Waals surface area contributed by atoms with Crippen molar-refractivity contribution in [3.63, 3.8) is 0 Å². The molecule has 1 fully saturated rings. The zero-order valence-corrected chi connectivity index (χ0v) is 17.8. The standard InChI is InChI=1S/C19H21F3N6O3S/c1-32(30,31)17(13-6-3-7-23-13)27-16-11(19(20,21)22)9-24-18(28-16)25-12-5-2-4-10-8-14(29)26-15(10)12/h2,4-5,9,13,17,23H,3,6-8H2,1H3,(H,26,29)(H2,24,25,27,28)/t13?,17-/m1/s1. The van der Waals surface area contributed by atoms with Crippen LogP contribution in [0.4, 0.5) is 36.3 Å². The van der Waals surface area contributed by atoms with Crippen LogP contribution in [-0.2, 0) is 27.2 Å². The molecule has 2 atom stereocenters. The van der Waals surface area contributed by atoms with Gasteiger partial charge in [-0.25, -0.2) is 13.4 Å². The molecule has 0 bridgehead atoms. The van der Waals surface area contributed by atoms with Gasteiger partial charge in [-0.05, 0) is 31.0 Å². The Balaban J connectivity index is 1.69. The molecule has 9 nitrogen and oxygen atoms in total. The highest BCUT2D eigenvalue weighted by Gasteiger charge is 2.39. The first kappa shape index (κ1) is 22.3. The molecule has 2 aliphatic heterocycles. The Kier molecular flexibility index (Phi) is 5.71. The van der Waals surface area contributed by atoms with Crippen molar-refractivity contribution >= 4 is 38.9 Å². The van der Waals surface area contributed by atoms with Gasteiger partial charge in [-0.15, -0.1) is 0 Å². The van der Waals surface area contributed by atoms with Gasteiger partial charge in [0, 0.05) is 18.5 Å². The maximum absolute atomic E-state index is 13.6. The maximum Gasteiger partial charge on any atom is 0.421 e. The lowest BCUT2D eigenvalue weighted by Crippen LogP contribution is -2.45. The fraction of sp³-hybridized carbons (Fsp3) is 0.421. The number of sulfone groups is 1. The third-order valence-electron chi connectivity index (χ3n) is 5.31. The van der Waals surface area contributed by atoms with Gasteiger partial charge >= 0.3 is 6.18 Å². The van der Waals surface area contributed by atoms with Crippen LogP contribution in [0.5, 0.6) is 0 Å². The van der Waals surface area contributed by atoms with Gasteiger partial charge in [-0.1, -0.05) is 12.1 Å². The minimum Gasteiger partial charge on any atom is -0.352 e. The summed E-state index contributed by atoms with van der Waals surface area (Å²) < 4.78 is 65.5. The predicted molar refractivity (Wildman–Crippen MR) is 112 cm³/mol. The van der Waals surface area contributed by atoms with E-state index >= 15 is 0 Å². The largest absolute Gasteiger partial charge is 0.421 e. The molecule has 1 amide bonds. The minimum atomic E-state index is -4.80. The maximum atomic E-state index is 13.6. The molecule has 1 unspecified atom stereocenters. The monoisotopic (exact) mass is 470 g/mol. The highest BCUT2D eigenvalue weighted by Crippen LogP contribution is 2.36. The Hall–Kier alpha value is -2.93. The number of anilines is 4. The Morgan fingerprint density at radius 2 is 2.06 bits per heavy atom. The van der Waals surface area contributed by atoms with Crippen LogP contribution < -0.4 is 21.3 Å². The lowest BCUT2D eigenvalue weighted by molar-refractivity contribution is -0.137. The quantitative estimate of drug-likeness (QED) is 0.507. The number of carbonyl (C=O) groups is 1. The average Bonchev–Trinajstić information content (AvgIpc) is 3.34. The van der Waals surface area contributed by atoms with Gasteiger partial charge in [0.1, 0.15) is 16.8 Å². The first-order valence-corrected chi connectivity index (χ1v) is 11.8. The Morgan fingerprint density at radius 1 is 1.28 bits per heavy atom. The lowest BCUT2D eigenvalue weighted by Gasteiger charge is -2.25. The fourth-order valence-corrected chi connectivity index (χ4v) is 5.00. The van der Waals surface area contributed by atoms with Crippen molar-refractivity contribution in [1.29, 1.82) is 0 Å². The molecule has 1 aromatic heterocycles. The molecule has 4 N–H and O–H groups in total. The van der Waals surface area contributed by atoms with Gasteiger partial charge in [0.2, 0.25) is 11.9 Å². The van der Waals surface area contributed by atoms with Crippen LogP contribution in [0.15, 0.2) is 24.4 Å². The second-order valence-electron chi connectivity index (χ2n) is 7.74. The second kappa shape index (κ2) is 8.20. The Morgan fingerprint density at radius 3 is 2.72 bits per heavy atom. The van der Waals surface area contributed by atoms with Crippen molar-refractivity contribution in [2.24, 2.45) is 0 Å². The summed E-state index contributed by atoms with van der Waals surface area (Å²) in [7, 11) is -3.76. The molecule has 0 radical (unpaired) electrons. The number of rotatable bonds is 6. The van der Waals surface area contributed by atoms with Crippen LogP contribution in [0.25, 0.3) is 0 Å². The van der Waals surface area contributed by atoms with Crippen molar-refractivity contribution in [1.82, 2.24) is 15.3 Å². The SMILES string of the molecule is CS(=O)(=O)[C@@H](Nc1nc(Nc2cccc3c2NC(=O)C3)ncc1C(F)(F)F)C1CCCN1. The third-order valence-corrected chi connectivity index (χ3v) is 6.68. The first-order chi connectivity index (χ1) is 15.0. The second-order valence-corrected chi connectivity index (χ2v) is 9.91. The highest BCUT2D eigenvalue weighted by molar-refractivity contribution is 7.91. The number of benzene rings is 1. The summed E-state index contributed by atoms with van der Waals surface area (Å²) in [6, 6.07) is 4.52. The van der Waals surface area contributed by atoms with E-state index in [1.54, 1.807) is 18.2 Å². The zero-order valence-electron chi connectivity index (χ0n) is 17.0. The van der Waals surface area contributed by atoms with Crippen molar-refractivity contribution in [3.05, 3.63) is 35.5 Å². The summed E-state index contributed by atoms with van der Waals surface area (Å²) in [5.41, 5.74) is 0.465. The molecule has 3 heterocycles. The Labute approximate surface area is 182 Å². The molecular formula is C19H21F3N6O3S. The van der Waals surface area contributed by atoms with E-state index in [2.05, 4.69) is 31.2 Å². The number of fused-ring (bicyclic) bond motifs is 1. The number of amides is 1. The molecule has 1 saturated heterocycles. The van der Waals surface area contributed by atoms with Crippen molar-refractivity contribution < 1.29 is 26.4 Å². The molecule has 32 heavy (non-hydrogen) atoms. The number of nitrogens with one attached hydrogen (secondary N) is 4. The third kappa shape index (κ3) is 4.63. The summed E-state index contributed by atoms with van der Waals surface area (Å²) in [5, 5.41) is 9.70. The highest BCUT2D eigenvalue weighted by atomic mass is 32.2. The van der Waals surface area contributed by atoms with Crippen molar-refractivity contribution in [2.45, 2.75) is 36.9 Å². The number of halogens is 3. The molecule has 2 aromatic rings. The number of aromatic nitrogens is 2. The van der Waals surface area contributed by atoms with Gasteiger partial charge in [-0.2, -0.15) is 18.2 Å². The normalized spacial score (nSPS) is 19.4. The average molecular weight is 470 g/mol. The van der Waals surface area contributed by atoms with E-state index in [1.165, 1.54) is 0 Å². The van der Waals surface area contributed by atoms with E-state index in [1.807, 2.05) is 0 Å². The van der Waals surface area contributed by atoms with Gasteiger partial charge in [0.25, 0.3) is 0 Å². The van der Waals surface area contributed by atoms with Crippen LogP contribution in [0.1, 0.15) is 24.0 Å². The molecule has 4 rings (SSSR count). The Bertz CT molecular complexity index is 1150. The molecule has 0 aliphatic carbocycles. The molecule has 0 saturated carbocycles. The van der Waals surface area contributed by atoms with Gasteiger partial charge < -0.3 is 21.3 Å². The van der Waals surface area contributed by atoms with E-state index in [9.17, 15) is 26.4 Å². The van der Waals surface area contributed by atoms with Crippen LogP contribution in [-0.4, -0.2) is 48.5 Å². The lowest BCUT2D eigenvalue weighted by atomic mass is 10.1. The van der Waals surface area contributed by atoms with Crippen molar-refractivity contribution in [2.75, 3.05) is 28.8 Å². The van der Waals surface area contributed by atoms with Crippen molar-refractivity contribution in [3.8, 4) is 0 Å². The summed E-state index contributed by atoms with van der Waals surface area (Å²) in [6.45, 7) is 0.575. The van der Waals surface area contributed by atoms with Crippen LogP contribution in [0.2, 0.25) is 0 Å². The smallest absolute Gasteiger partial charge is 0.352 e. The number of nitrogens with zero attached hydrogens (tertiary/aromatic N) is 2. The van der Waals surface area contributed by atoms with E-state index in [-0.39, 0.29) is 18.3 Å². The number of hydrogen-bond donors (Lipinski definition) is 4. The van der Waals surface area contributed by atoms with E-state index in [0.717, 1.165) is 11.8 Å². The molecule has 13 heteroatoms. The van der Waals surface area contributed by atoms with Crippen LogP contribution in [0, 0.1) is 0 Å². The summed E-state index contributed by atoms with van der Waals surface area (Å²) >= 11 is 0. The summed E-state index contributed by atoms with van der Waals surface area (Å²) in [5.74, 6) is -1.03. The molecule has 2 aliphatic rings. The first-order valence-electron chi connectivity index (χ1n) is 9.84. The van der Waals surface area contributed by atoms with Gasteiger partial charge in [0.05, 0.1) is 17.8 Å². The number of alkyl halides is 3. The molecule has 0 spiro atoms. The van der Waals surface area contributed by atoms with Crippen LogP contribution in [0.3, 0.4) is 0 Å². The fourth-order valence-electron chi connectivity index (χ4n) is 3.85. The summed E-state index contributed by atoms with van der Waals surface area (Å²) in [6.07, 6.45) is -1.83. The topological polar surface area (TPSA) is 125 Å². The van der Waals surface area contributed by atoms with E-state index < -0.39 is 38.8 Å². The number of para-hydroxylation sites is 1. The minimum absolute atomic E-state index is 0.179. The van der Waals surface area contributed by atoms with E-state index in [4.69, 9.17) is 0 Å². The molecule has 172 valence electrons. The number of carbonyl (C=O) groups excluding carboxylic acids is 1. The predicted octanol–water partition coefficient (Wildman–Crippen LogP) is 2.27.